The van der Waals surface area contributed by atoms with Crippen molar-refractivity contribution in [2.24, 2.45) is 0 Å². The van der Waals surface area contributed by atoms with Gasteiger partial charge in [0, 0.05) is 17.3 Å². The van der Waals surface area contributed by atoms with E-state index in [0.717, 1.165) is 5.56 Å². The van der Waals surface area contributed by atoms with Crippen LogP contribution in [0.3, 0.4) is 0 Å². The number of ketones is 1. The summed E-state index contributed by atoms with van der Waals surface area (Å²) < 4.78 is 15.9. The highest BCUT2D eigenvalue weighted by Gasteiger charge is 2.17. The van der Waals surface area contributed by atoms with Crippen molar-refractivity contribution in [3.8, 4) is 11.5 Å². The van der Waals surface area contributed by atoms with Gasteiger partial charge < -0.3 is 19.5 Å². The number of carbonyl (C=O) groups excluding carboxylic acids is 3. The fourth-order valence-electron chi connectivity index (χ4n) is 2.53. The summed E-state index contributed by atoms with van der Waals surface area (Å²) in [6, 6.07) is 11.7. The molecule has 1 amide bonds. The van der Waals surface area contributed by atoms with Crippen LogP contribution < -0.4 is 14.8 Å². The summed E-state index contributed by atoms with van der Waals surface area (Å²) in [6.07, 6.45) is 1.80. The molecule has 0 heterocycles. The molecular weight excluding hydrogens is 386 g/mol. The van der Waals surface area contributed by atoms with Crippen molar-refractivity contribution in [1.82, 2.24) is 0 Å². The van der Waals surface area contributed by atoms with Crippen LogP contribution in [0, 0.1) is 0 Å². The molecule has 7 heteroatoms. The molecular formula is C23H25NO6. The molecule has 0 aliphatic heterocycles. The third-order valence-electron chi connectivity index (χ3n) is 4.12. The molecule has 0 unspecified atom stereocenters. The summed E-state index contributed by atoms with van der Waals surface area (Å²) in [5.74, 6) is -0.0307. The smallest absolute Gasteiger partial charge is 0.331 e. The van der Waals surface area contributed by atoms with Crippen LogP contribution >= 0.6 is 0 Å². The van der Waals surface area contributed by atoms with Crippen LogP contribution in [-0.4, -0.2) is 37.5 Å². The summed E-state index contributed by atoms with van der Waals surface area (Å²) in [4.78, 5) is 35.5. The van der Waals surface area contributed by atoms with Crippen LogP contribution in [0.4, 0.5) is 5.69 Å². The Labute approximate surface area is 175 Å². The number of esters is 1. The highest BCUT2D eigenvalue weighted by Crippen LogP contribution is 2.28. The van der Waals surface area contributed by atoms with E-state index in [1.54, 1.807) is 48.5 Å². The van der Waals surface area contributed by atoms with Crippen molar-refractivity contribution in [3.63, 3.8) is 0 Å². The molecule has 1 N–H and O–H groups in total. The number of methoxy groups -OCH3 is 1. The molecule has 2 rings (SSSR count). The second kappa shape index (κ2) is 10.8. The molecule has 0 aliphatic rings. The predicted molar refractivity (Wildman–Crippen MR) is 114 cm³/mol. The second-order valence-electron chi connectivity index (χ2n) is 6.38. The van der Waals surface area contributed by atoms with Crippen LogP contribution in [0.15, 0.2) is 48.5 Å². The minimum Gasteiger partial charge on any atom is -0.493 e. The van der Waals surface area contributed by atoms with Gasteiger partial charge in [0.2, 0.25) is 0 Å². The maximum atomic E-state index is 12.2. The molecule has 0 aromatic heterocycles. The van der Waals surface area contributed by atoms with Crippen molar-refractivity contribution < 1.29 is 28.6 Å². The van der Waals surface area contributed by atoms with Crippen LogP contribution in [0.25, 0.3) is 6.08 Å². The van der Waals surface area contributed by atoms with Crippen molar-refractivity contribution in [2.45, 2.75) is 26.9 Å². The first-order valence-corrected chi connectivity index (χ1v) is 9.45. The Bertz CT molecular complexity index is 933. The molecule has 30 heavy (non-hydrogen) atoms. The number of carbonyl (C=O) groups is 3. The van der Waals surface area contributed by atoms with Crippen molar-refractivity contribution in [3.05, 3.63) is 59.7 Å². The maximum Gasteiger partial charge on any atom is 0.331 e. The molecule has 1 atom stereocenters. The van der Waals surface area contributed by atoms with Crippen LogP contribution in [0.5, 0.6) is 11.5 Å². The molecule has 0 fully saturated rings. The molecule has 0 aliphatic carbocycles. The maximum absolute atomic E-state index is 12.2. The molecule has 0 saturated heterocycles. The quantitative estimate of drug-likeness (QED) is 0.383. The van der Waals surface area contributed by atoms with E-state index in [1.807, 2.05) is 6.92 Å². The summed E-state index contributed by atoms with van der Waals surface area (Å²) >= 11 is 0. The average Bonchev–Trinajstić information content (AvgIpc) is 2.73. The number of nitrogens with one attached hydrogen (secondary N) is 1. The van der Waals surface area contributed by atoms with Gasteiger partial charge in [-0.2, -0.15) is 0 Å². The van der Waals surface area contributed by atoms with Crippen molar-refractivity contribution in [2.75, 3.05) is 19.0 Å². The number of hydrogen-bond donors (Lipinski definition) is 1. The largest absolute Gasteiger partial charge is 0.493 e. The van der Waals surface area contributed by atoms with E-state index in [9.17, 15) is 14.4 Å². The van der Waals surface area contributed by atoms with Crippen LogP contribution in [0.1, 0.15) is 36.7 Å². The average molecular weight is 411 g/mol. The second-order valence-corrected chi connectivity index (χ2v) is 6.38. The van der Waals surface area contributed by atoms with Gasteiger partial charge in [-0.1, -0.05) is 6.07 Å². The van der Waals surface area contributed by atoms with Gasteiger partial charge in [-0.15, -0.1) is 0 Å². The molecule has 0 spiro atoms. The Kier molecular flexibility index (Phi) is 8.17. The topological polar surface area (TPSA) is 90.9 Å². The normalized spacial score (nSPS) is 11.6. The molecule has 7 nitrogen and oxygen atoms in total. The lowest BCUT2D eigenvalue weighted by Gasteiger charge is -2.12. The highest BCUT2D eigenvalue weighted by atomic mass is 16.5. The summed E-state index contributed by atoms with van der Waals surface area (Å²) in [5.41, 5.74) is 1.77. The number of hydrogen-bond acceptors (Lipinski definition) is 6. The van der Waals surface area contributed by atoms with Gasteiger partial charge in [0.1, 0.15) is 0 Å². The number of benzene rings is 2. The van der Waals surface area contributed by atoms with E-state index < -0.39 is 18.0 Å². The minimum absolute atomic E-state index is 0.0629. The number of amides is 1. The first kappa shape index (κ1) is 22.7. The van der Waals surface area contributed by atoms with E-state index in [-0.39, 0.29) is 5.78 Å². The zero-order chi connectivity index (χ0) is 22.1. The van der Waals surface area contributed by atoms with Gasteiger partial charge in [0.05, 0.1) is 13.7 Å². The van der Waals surface area contributed by atoms with Crippen LogP contribution in [0.2, 0.25) is 0 Å². The van der Waals surface area contributed by atoms with E-state index in [4.69, 9.17) is 14.2 Å². The van der Waals surface area contributed by atoms with Crippen molar-refractivity contribution >= 4 is 29.4 Å². The standard InChI is InChI=1S/C23H25NO6/c1-5-29-20-12-6-17(14-21(20)28-4)7-13-22(26)30-16(3)23(27)24-19-10-8-18(9-11-19)15(2)25/h6-14,16H,5H2,1-4H3,(H,24,27)/b13-7+/t16-/m0/s1. The van der Waals surface area contributed by atoms with Gasteiger partial charge in [-0.3, -0.25) is 9.59 Å². The molecule has 0 radical (unpaired) electrons. The van der Waals surface area contributed by atoms with E-state index in [2.05, 4.69) is 5.32 Å². The number of anilines is 1. The first-order valence-electron chi connectivity index (χ1n) is 9.45. The number of ether oxygens (including phenoxy) is 3. The molecule has 0 saturated carbocycles. The Hall–Kier alpha value is -3.61. The molecule has 2 aromatic rings. The van der Waals surface area contributed by atoms with Gasteiger partial charge >= 0.3 is 5.97 Å². The van der Waals surface area contributed by atoms with E-state index in [1.165, 1.54) is 27.0 Å². The Morgan fingerprint density at radius 2 is 1.77 bits per heavy atom. The Balaban J connectivity index is 1.93. The van der Waals surface area contributed by atoms with Gasteiger partial charge in [-0.05, 0) is 68.8 Å². The van der Waals surface area contributed by atoms with Crippen LogP contribution in [-0.2, 0) is 14.3 Å². The third kappa shape index (κ3) is 6.48. The van der Waals surface area contributed by atoms with Gasteiger partial charge in [0.25, 0.3) is 5.91 Å². The lowest BCUT2D eigenvalue weighted by molar-refractivity contribution is -0.148. The molecule has 2 aromatic carbocycles. The van der Waals surface area contributed by atoms with Gasteiger partial charge in [0.15, 0.2) is 23.4 Å². The predicted octanol–water partition coefficient (Wildman–Crippen LogP) is 3.88. The lowest BCUT2D eigenvalue weighted by Crippen LogP contribution is -2.29. The summed E-state index contributed by atoms with van der Waals surface area (Å²) in [5, 5.41) is 2.64. The summed E-state index contributed by atoms with van der Waals surface area (Å²) in [6.45, 7) is 5.33. The fraction of sp³-hybridized carbons (Fsp3) is 0.261. The Morgan fingerprint density at radius 3 is 2.37 bits per heavy atom. The highest BCUT2D eigenvalue weighted by molar-refractivity contribution is 5.98. The number of Topliss-reactive ketones (excluding diaryl/α,β-unsaturated/α-hetero) is 1. The van der Waals surface area contributed by atoms with Crippen molar-refractivity contribution in [1.29, 1.82) is 0 Å². The Morgan fingerprint density at radius 1 is 1.07 bits per heavy atom. The third-order valence-corrected chi connectivity index (χ3v) is 4.12. The van der Waals surface area contributed by atoms with Gasteiger partial charge in [-0.25, -0.2) is 4.79 Å². The monoisotopic (exact) mass is 411 g/mol. The zero-order valence-corrected chi connectivity index (χ0v) is 17.4. The summed E-state index contributed by atoms with van der Waals surface area (Å²) in [7, 11) is 1.54. The molecule has 158 valence electrons. The SMILES string of the molecule is CCOc1ccc(/C=C/C(=O)O[C@@H](C)C(=O)Nc2ccc(C(C)=O)cc2)cc1OC. The van der Waals surface area contributed by atoms with E-state index >= 15 is 0 Å². The minimum atomic E-state index is -0.996. The van der Waals surface area contributed by atoms with E-state index in [0.29, 0.717) is 29.4 Å². The number of rotatable bonds is 9. The fourth-order valence-corrected chi connectivity index (χ4v) is 2.53. The zero-order valence-electron chi connectivity index (χ0n) is 17.4. The first-order chi connectivity index (χ1) is 14.3. The lowest BCUT2D eigenvalue weighted by atomic mass is 10.1. The molecule has 0 bridgehead atoms.